The Morgan fingerprint density at radius 2 is 2.05 bits per heavy atom. The highest BCUT2D eigenvalue weighted by atomic mass is 16.3. The number of aliphatic hydroxyl groups excluding tert-OH is 1. The number of hydrogen-bond donors (Lipinski definition) is 2. The zero-order valence-corrected chi connectivity index (χ0v) is 12.5. The second-order valence-corrected chi connectivity index (χ2v) is 5.83. The average Bonchev–Trinajstić information content (AvgIpc) is 2.50. The van der Waals surface area contributed by atoms with Crippen LogP contribution in [0.15, 0.2) is 18.6 Å². The molecule has 0 aliphatic heterocycles. The van der Waals surface area contributed by atoms with Gasteiger partial charge in [0.15, 0.2) is 0 Å². The van der Waals surface area contributed by atoms with E-state index in [9.17, 15) is 9.90 Å². The van der Waals surface area contributed by atoms with Crippen molar-refractivity contribution in [3.63, 3.8) is 0 Å². The lowest BCUT2D eigenvalue weighted by atomic mass is 9.93. The molecule has 1 amide bonds. The highest BCUT2D eigenvalue weighted by Crippen LogP contribution is 2.18. The van der Waals surface area contributed by atoms with Gasteiger partial charge in [-0.3, -0.25) is 4.79 Å². The maximum Gasteiger partial charge on any atom is 0.220 e. The number of nitrogens with zero attached hydrogens (tertiary/aromatic N) is 2. The predicted octanol–water partition coefficient (Wildman–Crippen LogP) is 2.00. The number of carbonyl (C=O) groups excluding carboxylic acids is 1. The SMILES string of the molecule is O=C(CCCCCc1ccncn1)NC1CCC(O)CC1. The molecule has 0 radical (unpaired) electrons. The van der Waals surface area contributed by atoms with Crippen molar-refractivity contribution in [2.24, 2.45) is 0 Å². The fraction of sp³-hybridized carbons (Fsp3) is 0.688. The number of unbranched alkanes of at least 4 members (excludes halogenated alkanes) is 2. The van der Waals surface area contributed by atoms with E-state index in [1.54, 1.807) is 12.5 Å². The van der Waals surface area contributed by atoms with E-state index in [0.29, 0.717) is 6.42 Å². The first-order valence-corrected chi connectivity index (χ1v) is 7.96. The lowest BCUT2D eigenvalue weighted by Gasteiger charge is -2.26. The number of carbonyl (C=O) groups is 1. The van der Waals surface area contributed by atoms with Gasteiger partial charge in [0.05, 0.1) is 6.10 Å². The summed E-state index contributed by atoms with van der Waals surface area (Å²) in [6.07, 6.45) is 11.2. The number of amides is 1. The molecular weight excluding hydrogens is 266 g/mol. The third-order valence-electron chi connectivity index (χ3n) is 4.04. The van der Waals surface area contributed by atoms with E-state index in [1.165, 1.54) is 0 Å². The Balaban J connectivity index is 1.51. The summed E-state index contributed by atoms with van der Waals surface area (Å²) < 4.78 is 0. The van der Waals surface area contributed by atoms with Crippen LogP contribution in [0.25, 0.3) is 0 Å². The molecule has 2 N–H and O–H groups in total. The van der Waals surface area contributed by atoms with E-state index < -0.39 is 0 Å². The smallest absolute Gasteiger partial charge is 0.220 e. The van der Waals surface area contributed by atoms with Crippen LogP contribution in [0.4, 0.5) is 0 Å². The molecule has 1 saturated carbocycles. The van der Waals surface area contributed by atoms with Crippen LogP contribution in [0.1, 0.15) is 57.1 Å². The van der Waals surface area contributed by atoms with Crippen LogP contribution in [-0.2, 0) is 11.2 Å². The highest BCUT2D eigenvalue weighted by molar-refractivity contribution is 5.76. The summed E-state index contributed by atoms with van der Waals surface area (Å²) in [6, 6.07) is 2.20. The molecule has 21 heavy (non-hydrogen) atoms. The number of nitrogens with one attached hydrogen (secondary N) is 1. The normalized spacial score (nSPS) is 22.0. The second kappa shape index (κ2) is 8.72. The molecule has 0 saturated heterocycles. The van der Waals surface area contributed by atoms with Gasteiger partial charge in [-0.15, -0.1) is 0 Å². The summed E-state index contributed by atoms with van der Waals surface area (Å²) >= 11 is 0. The Kier molecular flexibility index (Phi) is 6.60. The van der Waals surface area contributed by atoms with Gasteiger partial charge in [0.1, 0.15) is 6.33 Å². The van der Waals surface area contributed by atoms with Crippen molar-refractivity contribution >= 4 is 5.91 Å². The number of aliphatic hydroxyl groups is 1. The number of aryl methyl sites for hydroxylation is 1. The lowest BCUT2D eigenvalue weighted by Crippen LogP contribution is -2.38. The summed E-state index contributed by atoms with van der Waals surface area (Å²) in [4.78, 5) is 19.9. The Morgan fingerprint density at radius 1 is 1.24 bits per heavy atom. The van der Waals surface area contributed by atoms with Gasteiger partial charge < -0.3 is 10.4 Å². The zero-order chi connectivity index (χ0) is 14.9. The molecule has 1 aliphatic carbocycles. The molecular formula is C16H25N3O2. The summed E-state index contributed by atoms with van der Waals surface area (Å²) in [7, 11) is 0. The Labute approximate surface area is 126 Å². The van der Waals surface area contributed by atoms with E-state index >= 15 is 0 Å². The van der Waals surface area contributed by atoms with Crippen LogP contribution in [0.5, 0.6) is 0 Å². The quantitative estimate of drug-likeness (QED) is 0.753. The minimum Gasteiger partial charge on any atom is -0.393 e. The molecule has 5 heteroatoms. The largest absolute Gasteiger partial charge is 0.393 e. The number of hydrogen-bond acceptors (Lipinski definition) is 4. The fourth-order valence-corrected chi connectivity index (χ4v) is 2.75. The standard InChI is InChI=1S/C16H25N3O2/c20-15-8-6-14(7-9-15)19-16(21)5-3-1-2-4-13-10-11-17-12-18-13/h10-12,14-15,20H,1-9H2,(H,19,21). The summed E-state index contributed by atoms with van der Waals surface area (Å²) in [5.74, 6) is 0.151. The minimum absolute atomic E-state index is 0.151. The lowest BCUT2D eigenvalue weighted by molar-refractivity contribution is -0.122. The van der Waals surface area contributed by atoms with Crippen molar-refractivity contribution in [1.82, 2.24) is 15.3 Å². The third kappa shape index (κ3) is 6.21. The van der Waals surface area contributed by atoms with Crippen molar-refractivity contribution < 1.29 is 9.90 Å². The van der Waals surface area contributed by atoms with Crippen molar-refractivity contribution in [2.75, 3.05) is 0 Å². The first kappa shape index (κ1) is 15.9. The topological polar surface area (TPSA) is 75.1 Å². The molecule has 1 aliphatic rings. The first-order valence-electron chi connectivity index (χ1n) is 7.96. The van der Waals surface area contributed by atoms with Crippen molar-refractivity contribution in [2.45, 2.75) is 69.9 Å². The van der Waals surface area contributed by atoms with Crippen LogP contribution >= 0.6 is 0 Å². The second-order valence-electron chi connectivity index (χ2n) is 5.83. The molecule has 1 aromatic heterocycles. The van der Waals surface area contributed by atoms with Gasteiger partial charge in [-0.25, -0.2) is 9.97 Å². The van der Waals surface area contributed by atoms with E-state index in [1.807, 2.05) is 6.07 Å². The molecule has 0 bridgehead atoms. The molecule has 5 nitrogen and oxygen atoms in total. The van der Waals surface area contributed by atoms with Gasteiger partial charge in [0.2, 0.25) is 5.91 Å². The summed E-state index contributed by atoms with van der Waals surface area (Å²) in [6.45, 7) is 0. The Hall–Kier alpha value is -1.49. The fourth-order valence-electron chi connectivity index (χ4n) is 2.75. The van der Waals surface area contributed by atoms with E-state index in [2.05, 4.69) is 15.3 Å². The third-order valence-corrected chi connectivity index (χ3v) is 4.04. The van der Waals surface area contributed by atoms with Crippen molar-refractivity contribution in [1.29, 1.82) is 0 Å². The molecule has 116 valence electrons. The van der Waals surface area contributed by atoms with Crippen LogP contribution < -0.4 is 5.32 Å². The maximum absolute atomic E-state index is 11.8. The predicted molar refractivity (Wildman–Crippen MR) is 80.6 cm³/mol. The van der Waals surface area contributed by atoms with Crippen LogP contribution in [-0.4, -0.2) is 33.1 Å². The van der Waals surface area contributed by atoms with E-state index in [0.717, 1.165) is 57.1 Å². The molecule has 1 aromatic rings. The van der Waals surface area contributed by atoms with Crippen LogP contribution in [0, 0.1) is 0 Å². The van der Waals surface area contributed by atoms with E-state index in [4.69, 9.17) is 0 Å². The van der Waals surface area contributed by atoms with Gasteiger partial charge in [-0.1, -0.05) is 6.42 Å². The van der Waals surface area contributed by atoms with Crippen LogP contribution in [0.2, 0.25) is 0 Å². The Morgan fingerprint density at radius 3 is 2.76 bits per heavy atom. The van der Waals surface area contributed by atoms with Gasteiger partial charge in [-0.2, -0.15) is 0 Å². The van der Waals surface area contributed by atoms with Gasteiger partial charge in [0.25, 0.3) is 0 Å². The van der Waals surface area contributed by atoms with Crippen molar-refractivity contribution in [3.8, 4) is 0 Å². The maximum atomic E-state index is 11.8. The zero-order valence-electron chi connectivity index (χ0n) is 12.5. The van der Waals surface area contributed by atoms with E-state index in [-0.39, 0.29) is 18.1 Å². The van der Waals surface area contributed by atoms with Crippen molar-refractivity contribution in [3.05, 3.63) is 24.3 Å². The average molecular weight is 291 g/mol. The molecule has 0 atom stereocenters. The highest BCUT2D eigenvalue weighted by Gasteiger charge is 2.20. The number of aromatic nitrogens is 2. The van der Waals surface area contributed by atoms with Crippen LogP contribution in [0.3, 0.4) is 0 Å². The summed E-state index contributed by atoms with van der Waals surface area (Å²) in [5.41, 5.74) is 1.07. The molecule has 0 spiro atoms. The van der Waals surface area contributed by atoms with Gasteiger partial charge >= 0.3 is 0 Å². The number of rotatable bonds is 7. The van der Waals surface area contributed by atoms with Gasteiger partial charge in [-0.05, 0) is 51.0 Å². The first-order chi connectivity index (χ1) is 10.2. The molecule has 2 rings (SSSR count). The molecule has 1 fully saturated rings. The molecule has 0 unspecified atom stereocenters. The Bertz CT molecular complexity index is 417. The van der Waals surface area contributed by atoms with Gasteiger partial charge in [0, 0.05) is 24.4 Å². The minimum atomic E-state index is -0.167. The molecule has 1 heterocycles. The monoisotopic (exact) mass is 291 g/mol. The summed E-state index contributed by atoms with van der Waals surface area (Å²) in [5, 5.41) is 12.5. The molecule has 0 aromatic carbocycles.